The van der Waals surface area contributed by atoms with Crippen molar-refractivity contribution in [3.63, 3.8) is 0 Å². The Balaban J connectivity index is 0.00000220. The highest BCUT2D eigenvalue weighted by Gasteiger charge is 2.39. The van der Waals surface area contributed by atoms with E-state index in [2.05, 4.69) is 5.32 Å². The second-order valence-electron chi connectivity index (χ2n) is 4.69. The van der Waals surface area contributed by atoms with Gasteiger partial charge in [-0.15, -0.1) is 12.4 Å². The van der Waals surface area contributed by atoms with Crippen molar-refractivity contribution < 1.29 is 22.7 Å². The summed E-state index contributed by atoms with van der Waals surface area (Å²) in [6.45, 7) is 1.81. The van der Waals surface area contributed by atoms with Gasteiger partial charge in [-0.05, 0) is 11.6 Å². The van der Waals surface area contributed by atoms with E-state index in [-0.39, 0.29) is 18.0 Å². The number of aliphatic hydroxyl groups excluding tert-OH is 1. The minimum Gasteiger partial charge on any atom is -0.394 e. The smallest absolute Gasteiger partial charge is 0.394 e. The summed E-state index contributed by atoms with van der Waals surface area (Å²) in [5.74, 6) is -1.30. The highest BCUT2D eigenvalue weighted by atomic mass is 35.5. The van der Waals surface area contributed by atoms with E-state index in [0.717, 1.165) is 6.07 Å². The molecule has 0 spiro atoms. The zero-order valence-electron chi connectivity index (χ0n) is 11.2. The highest BCUT2D eigenvalue weighted by molar-refractivity contribution is 5.85. The van der Waals surface area contributed by atoms with E-state index in [0.29, 0.717) is 26.2 Å². The van der Waals surface area contributed by atoms with Crippen LogP contribution in [0, 0.1) is 5.82 Å². The van der Waals surface area contributed by atoms with Crippen LogP contribution in [0.2, 0.25) is 0 Å². The fraction of sp³-hybridized carbons (Fsp3) is 0.538. The number of rotatable bonds is 3. The topological polar surface area (TPSA) is 35.5 Å². The molecule has 0 amide bonds. The monoisotopic (exact) mass is 328 g/mol. The molecule has 1 aliphatic rings. The second-order valence-corrected chi connectivity index (χ2v) is 4.69. The summed E-state index contributed by atoms with van der Waals surface area (Å²) in [6, 6.07) is 2.42. The number of alkyl halides is 3. The first kappa shape index (κ1) is 18.2. The zero-order chi connectivity index (χ0) is 14.8. The normalized spacial score (nSPS) is 18.1. The van der Waals surface area contributed by atoms with Crippen LogP contribution in [-0.2, 0) is 6.18 Å². The molecule has 0 aliphatic carbocycles. The SMILES string of the molecule is Cl.OC[C@@H](c1cccc(F)c1C(F)(F)F)N1CCNCC1. The van der Waals surface area contributed by atoms with Gasteiger partial charge in [0.05, 0.1) is 18.2 Å². The van der Waals surface area contributed by atoms with Crippen LogP contribution in [0.15, 0.2) is 18.2 Å². The molecule has 0 radical (unpaired) electrons. The number of nitrogens with one attached hydrogen (secondary N) is 1. The van der Waals surface area contributed by atoms with E-state index in [1.165, 1.54) is 12.1 Å². The number of piperazine rings is 1. The van der Waals surface area contributed by atoms with Gasteiger partial charge in [-0.25, -0.2) is 4.39 Å². The largest absolute Gasteiger partial charge is 0.419 e. The predicted molar refractivity (Wildman–Crippen MR) is 72.9 cm³/mol. The summed E-state index contributed by atoms with van der Waals surface area (Å²) in [5, 5.41) is 12.5. The highest BCUT2D eigenvalue weighted by Crippen LogP contribution is 2.38. The van der Waals surface area contributed by atoms with Crippen LogP contribution in [0.1, 0.15) is 17.2 Å². The van der Waals surface area contributed by atoms with Gasteiger partial charge in [0.2, 0.25) is 0 Å². The number of hydrogen-bond acceptors (Lipinski definition) is 3. The van der Waals surface area contributed by atoms with Crippen molar-refractivity contribution in [2.75, 3.05) is 32.8 Å². The van der Waals surface area contributed by atoms with Crippen molar-refractivity contribution in [1.82, 2.24) is 10.2 Å². The molecule has 0 saturated carbocycles. The first-order valence-electron chi connectivity index (χ1n) is 6.36. The average molecular weight is 329 g/mol. The van der Waals surface area contributed by atoms with Crippen LogP contribution in [0.5, 0.6) is 0 Å². The number of hydrogen-bond donors (Lipinski definition) is 2. The van der Waals surface area contributed by atoms with Crippen molar-refractivity contribution in [2.24, 2.45) is 0 Å². The van der Waals surface area contributed by atoms with Crippen molar-refractivity contribution in [2.45, 2.75) is 12.2 Å². The van der Waals surface area contributed by atoms with Crippen LogP contribution >= 0.6 is 12.4 Å². The van der Waals surface area contributed by atoms with E-state index in [9.17, 15) is 22.7 Å². The molecule has 1 aromatic rings. The fourth-order valence-electron chi connectivity index (χ4n) is 2.52. The lowest BCUT2D eigenvalue weighted by Crippen LogP contribution is -2.46. The van der Waals surface area contributed by atoms with Crippen LogP contribution in [0.3, 0.4) is 0 Å². The number of nitrogens with zero attached hydrogens (tertiary/aromatic N) is 1. The van der Waals surface area contributed by atoms with Gasteiger partial charge in [0.25, 0.3) is 0 Å². The standard InChI is InChI=1S/C13H16F4N2O.ClH/c14-10-3-1-2-9(12(10)13(15,16)17)11(8-20)19-6-4-18-5-7-19;/h1-3,11,18,20H,4-8H2;1H/t11-;/m0./s1. The van der Waals surface area contributed by atoms with E-state index in [1.807, 2.05) is 0 Å². The summed E-state index contributed by atoms with van der Waals surface area (Å²) < 4.78 is 52.6. The third-order valence-electron chi connectivity index (χ3n) is 3.45. The molecule has 8 heteroatoms. The number of benzene rings is 1. The Bertz CT molecular complexity index is 464. The van der Waals surface area contributed by atoms with Crippen molar-refractivity contribution in [3.05, 3.63) is 35.1 Å². The van der Waals surface area contributed by atoms with Gasteiger partial charge < -0.3 is 10.4 Å². The minimum atomic E-state index is -4.78. The molecular formula is C13H17ClF4N2O. The molecule has 1 heterocycles. The maximum Gasteiger partial charge on any atom is 0.419 e. The molecule has 0 bridgehead atoms. The third-order valence-corrected chi connectivity index (χ3v) is 3.45. The van der Waals surface area contributed by atoms with Gasteiger partial charge >= 0.3 is 6.18 Å². The molecule has 1 fully saturated rings. The lowest BCUT2D eigenvalue weighted by Gasteiger charge is -2.35. The molecule has 120 valence electrons. The molecule has 2 rings (SSSR count). The Morgan fingerprint density at radius 1 is 1.24 bits per heavy atom. The van der Waals surface area contributed by atoms with Gasteiger partial charge in [0.15, 0.2) is 0 Å². The molecule has 21 heavy (non-hydrogen) atoms. The summed E-state index contributed by atoms with van der Waals surface area (Å²) in [7, 11) is 0. The van der Waals surface area contributed by atoms with Gasteiger partial charge in [-0.2, -0.15) is 13.2 Å². The van der Waals surface area contributed by atoms with Crippen LogP contribution < -0.4 is 5.32 Å². The zero-order valence-corrected chi connectivity index (χ0v) is 12.0. The van der Waals surface area contributed by atoms with Gasteiger partial charge in [0, 0.05) is 26.2 Å². The molecule has 0 unspecified atom stereocenters. The number of aliphatic hydroxyl groups is 1. The maximum absolute atomic E-state index is 13.6. The molecule has 2 N–H and O–H groups in total. The van der Waals surface area contributed by atoms with E-state index in [1.54, 1.807) is 4.90 Å². The van der Waals surface area contributed by atoms with Crippen molar-refractivity contribution in [3.8, 4) is 0 Å². The summed E-state index contributed by atoms with van der Waals surface area (Å²) in [5.41, 5.74) is -1.49. The fourth-order valence-corrected chi connectivity index (χ4v) is 2.52. The van der Waals surface area contributed by atoms with Gasteiger partial charge in [-0.3, -0.25) is 4.90 Å². The van der Waals surface area contributed by atoms with Crippen LogP contribution in [0.25, 0.3) is 0 Å². The summed E-state index contributed by atoms with van der Waals surface area (Å²) in [6.07, 6.45) is -4.78. The van der Waals surface area contributed by atoms with E-state index < -0.39 is 30.2 Å². The molecule has 1 saturated heterocycles. The summed E-state index contributed by atoms with van der Waals surface area (Å²) in [4.78, 5) is 1.74. The lowest BCUT2D eigenvalue weighted by molar-refractivity contribution is -0.141. The first-order chi connectivity index (χ1) is 9.45. The molecular weight excluding hydrogens is 312 g/mol. The van der Waals surface area contributed by atoms with Crippen molar-refractivity contribution in [1.29, 1.82) is 0 Å². The molecule has 1 aliphatic heterocycles. The predicted octanol–water partition coefficient (Wildman–Crippen LogP) is 2.20. The molecule has 1 aromatic carbocycles. The Labute approximate surface area is 126 Å². The average Bonchev–Trinajstić information content (AvgIpc) is 2.39. The van der Waals surface area contributed by atoms with Crippen LogP contribution in [0.4, 0.5) is 17.6 Å². The quantitative estimate of drug-likeness (QED) is 0.835. The maximum atomic E-state index is 13.6. The van der Waals surface area contributed by atoms with Crippen molar-refractivity contribution >= 4 is 12.4 Å². The molecule has 1 atom stereocenters. The van der Waals surface area contributed by atoms with Crippen LogP contribution in [-0.4, -0.2) is 42.8 Å². The Kier molecular flexibility index (Phi) is 6.40. The summed E-state index contributed by atoms with van der Waals surface area (Å²) >= 11 is 0. The molecule has 3 nitrogen and oxygen atoms in total. The number of halogens is 5. The second kappa shape index (κ2) is 7.40. The third kappa shape index (κ3) is 4.06. The lowest BCUT2D eigenvalue weighted by atomic mass is 9.98. The Hall–Kier alpha value is -0.890. The Morgan fingerprint density at radius 3 is 2.38 bits per heavy atom. The van der Waals surface area contributed by atoms with Gasteiger partial charge in [0.1, 0.15) is 5.82 Å². The van der Waals surface area contributed by atoms with E-state index in [4.69, 9.17) is 0 Å². The first-order valence-corrected chi connectivity index (χ1v) is 6.36. The minimum absolute atomic E-state index is 0. The van der Waals surface area contributed by atoms with Gasteiger partial charge in [-0.1, -0.05) is 12.1 Å². The Morgan fingerprint density at radius 2 is 1.86 bits per heavy atom. The van der Waals surface area contributed by atoms with E-state index >= 15 is 0 Å². The molecule has 0 aromatic heterocycles.